The van der Waals surface area contributed by atoms with Crippen LogP contribution in [0.1, 0.15) is 46.2 Å². The van der Waals surface area contributed by atoms with Gasteiger partial charge in [0, 0.05) is 5.38 Å². The lowest BCUT2D eigenvalue weighted by molar-refractivity contribution is -0.141. The smallest absolute Gasteiger partial charge is 0.326 e. The van der Waals surface area contributed by atoms with E-state index in [1.807, 2.05) is 19.2 Å². The van der Waals surface area contributed by atoms with Crippen LogP contribution in [0, 0.1) is 5.41 Å². The Hall–Kier alpha value is -1.63. The van der Waals surface area contributed by atoms with Crippen molar-refractivity contribution in [3.63, 3.8) is 0 Å². The Labute approximate surface area is 122 Å². The molecule has 0 fully saturated rings. The molecule has 7 heteroatoms. The molecule has 0 bridgehead atoms. The zero-order valence-corrected chi connectivity index (χ0v) is 13.2. The molecule has 0 aromatic carbocycles. The van der Waals surface area contributed by atoms with E-state index in [4.69, 9.17) is 5.11 Å². The molecule has 0 unspecified atom stereocenters. The summed E-state index contributed by atoms with van der Waals surface area (Å²) in [7, 11) is 0. The lowest BCUT2D eigenvalue weighted by Gasteiger charge is -2.27. The average molecular weight is 299 g/mol. The predicted octanol–water partition coefficient (Wildman–Crippen LogP) is 2.89. The summed E-state index contributed by atoms with van der Waals surface area (Å²) >= 11 is 1.32. The molecule has 1 heterocycles. The van der Waals surface area contributed by atoms with E-state index in [1.165, 1.54) is 11.3 Å². The number of nitrogens with one attached hydrogen (secondary N) is 2. The van der Waals surface area contributed by atoms with Crippen molar-refractivity contribution in [1.29, 1.82) is 0 Å². The van der Waals surface area contributed by atoms with E-state index in [0.29, 0.717) is 5.13 Å². The van der Waals surface area contributed by atoms with Gasteiger partial charge in [-0.3, -0.25) is 5.32 Å². The van der Waals surface area contributed by atoms with Gasteiger partial charge in [0.2, 0.25) is 0 Å². The summed E-state index contributed by atoms with van der Waals surface area (Å²) < 4.78 is 0. The van der Waals surface area contributed by atoms with Gasteiger partial charge in [-0.15, -0.1) is 11.3 Å². The SMILES string of the molecule is CC(C)c1csc(NC(=O)N[C@H](C(=O)O)C(C)(C)C)n1. The fourth-order valence-corrected chi connectivity index (χ4v) is 2.39. The quantitative estimate of drug-likeness (QED) is 0.797. The summed E-state index contributed by atoms with van der Waals surface area (Å²) in [6.07, 6.45) is 0. The van der Waals surface area contributed by atoms with Crippen LogP contribution in [0.5, 0.6) is 0 Å². The minimum atomic E-state index is -1.06. The highest BCUT2D eigenvalue weighted by molar-refractivity contribution is 7.13. The largest absolute Gasteiger partial charge is 0.480 e. The number of aliphatic carboxylic acids is 1. The van der Waals surface area contributed by atoms with Gasteiger partial charge in [-0.2, -0.15) is 0 Å². The molecule has 0 aliphatic rings. The van der Waals surface area contributed by atoms with Crippen LogP contribution in [-0.2, 0) is 4.79 Å². The number of nitrogens with zero attached hydrogens (tertiary/aromatic N) is 1. The highest BCUT2D eigenvalue weighted by Crippen LogP contribution is 2.22. The van der Waals surface area contributed by atoms with Crippen LogP contribution in [0.4, 0.5) is 9.93 Å². The van der Waals surface area contributed by atoms with Gasteiger partial charge >= 0.3 is 12.0 Å². The van der Waals surface area contributed by atoms with E-state index >= 15 is 0 Å². The number of urea groups is 1. The Morgan fingerprint density at radius 3 is 2.35 bits per heavy atom. The molecule has 6 nitrogen and oxygen atoms in total. The van der Waals surface area contributed by atoms with Crippen LogP contribution in [0.25, 0.3) is 0 Å². The van der Waals surface area contributed by atoms with Gasteiger partial charge in [-0.05, 0) is 11.3 Å². The predicted molar refractivity (Wildman–Crippen MR) is 79.2 cm³/mol. The maximum atomic E-state index is 11.8. The Kier molecular flexibility index (Phi) is 5.10. The molecule has 20 heavy (non-hydrogen) atoms. The first-order chi connectivity index (χ1) is 9.11. The van der Waals surface area contributed by atoms with Crippen molar-refractivity contribution in [3.05, 3.63) is 11.1 Å². The lowest BCUT2D eigenvalue weighted by Crippen LogP contribution is -2.50. The number of hydrogen-bond acceptors (Lipinski definition) is 4. The van der Waals surface area contributed by atoms with E-state index < -0.39 is 23.5 Å². The zero-order valence-electron chi connectivity index (χ0n) is 12.4. The number of hydrogen-bond donors (Lipinski definition) is 3. The highest BCUT2D eigenvalue weighted by Gasteiger charge is 2.32. The van der Waals surface area contributed by atoms with E-state index in [1.54, 1.807) is 20.8 Å². The standard InChI is InChI=1S/C13H21N3O3S/c1-7(2)8-6-20-12(14-8)16-11(19)15-9(10(17)18)13(3,4)5/h6-7,9H,1-5H3,(H,17,18)(H2,14,15,16,19)/t9-/m1/s1. The number of carbonyl (C=O) groups is 2. The van der Waals surface area contributed by atoms with Crippen LogP contribution in [-0.4, -0.2) is 28.1 Å². The summed E-state index contributed by atoms with van der Waals surface area (Å²) in [5.41, 5.74) is 0.325. The molecule has 3 N–H and O–H groups in total. The van der Waals surface area contributed by atoms with Gasteiger partial charge < -0.3 is 10.4 Å². The first kappa shape index (κ1) is 16.4. The zero-order chi connectivity index (χ0) is 15.5. The molecule has 0 radical (unpaired) electrons. The maximum absolute atomic E-state index is 11.8. The molecule has 2 amide bonds. The number of thiazole rings is 1. The molecule has 1 atom stereocenters. The minimum Gasteiger partial charge on any atom is -0.480 e. The Morgan fingerprint density at radius 1 is 1.35 bits per heavy atom. The number of anilines is 1. The molecule has 112 valence electrons. The van der Waals surface area contributed by atoms with Crippen molar-refractivity contribution in [3.8, 4) is 0 Å². The monoisotopic (exact) mass is 299 g/mol. The van der Waals surface area contributed by atoms with E-state index in [-0.39, 0.29) is 5.92 Å². The summed E-state index contributed by atoms with van der Waals surface area (Å²) in [4.78, 5) is 27.3. The summed E-state index contributed by atoms with van der Waals surface area (Å²) in [5, 5.41) is 16.5. The number of aromatic nitrogens is 1. The highest BCUT2D eigenvalue weighted by atomic mass is 32.1. The van der Waals surface area contributed by atoms with Crippen LogP contribution in [0.2, 0.25) is 0 Å². The average Bonchev–Trinajstić information content (AvgIpc) is 2.72. The van der Waals surface area contributed by atoms with Gasteiger partial charge in [0.15, 0.2) is 5.13 Å². The second kappa shape index (κ2) is 6.21. The molecule has 0 saturated carbocycles. The molecule has 0 aliphatic carbocycles. The number of carboxylic acids is 1. The Balaban J connectivity index is 2.68. The number of carboxylic acid groups (broad SMARTS) is 1. The number of rotatable bonds is 4. The second-order valence-electron chi connectivity index (χ2n) is 5.97. The number of carbonyl (C=O) groups excluding carboxylic acids is 1. The Morgan fingerprint density at radius 2 is 1.95 bits per heavy atom. The van der Waals surface area contributed by atoms with Crippen molar-refractivity contribution in [2.45, 2.75) is 46.6 Å². The first-order valence-corrected chi connectivity index (χ1v) is 7.25. The van der Waals surface area contributed by atoms with Crippen LogP contribution in [0.3, 0.4) is 0 Å². The molecule has 1 aromatic rings. The van der Waals surface area contributed by atoms with Gasteiger partial charge in [-0.25, -0.2) is 14.6 Å². The van der Waals surface area contributed by atoms with Crippen molar-refractivity contribution in [1.82, 2.24) is 10.3 Å². The van der Waals surface area contributed by atoms with Crippen molar-refractivity contribution < 1.29 is 14.7 Å². The van der Waals surface area contributed by atoms with Gasteiger partial charge in [0.1, 0.15) is 6.04 Å². The molecule has 0 aliphatic heterocycles. The van der Waals surface area contributed by atoms with Gasteiger partial charge in [0.25, 0.3) is 0 Å². The van der Waals surface area contributed by atoms with E-state index in [9.17, 15) is 9.59 Å². The van der Waals surface area contributed by atoms with Crippen LogP contribution < -0.4 is 10.6 Å². The van der Waals surface area contributed by atoms with Gasteiger partial charge in [0.05, 0.1) is 5.69 Å². The first-order valence-electron chi connectivity index (χ1n) is 6.37. The molecular formula is C13H21N3O3S. The summed E-state index contributed by atoms with van der Waals surface area (Å²) in [6, 6.07) is -1.52. The van der Waals surface area contributed by atoms with Crippen molar-refractivity contribution >= 4 is 28.5 Å². The van der Waals surface area contributed by atoms with E-state index in [0.717, 1.165) is 5.69 Å². The van der Waals surface area contributed by atoms with Crippen LogP contribution in [0.15, 0.2) is 5.38 Å². The molecular weight excluding hydrogens is 278 g/mol. The fraction of sp³-hybridized carbons (Fsp3) is 0.615. The summed E-state index contributed by atoms with van der Waals surface area (Å²) in [6.45, 7) is 9.29. The third-order valence-electron chi connectivity index (χ3n) is 2.72. The summed E-state index contributed by atoms with van der Waals surface area (Å²) in [5.74, 6) is -0.777. The third kappa shape index (κ3) is 4.48. The fourth-order valence-electron chi connectivity index (χ4n) is 1.52. The topological polar surface area (TPSA) is 91.3 Å². The van der Waals surface area contributed by atoms with Crippen molar-refractivity contribution in [2.75, 3.05) is 5.32 Å². The minimum absolute atomic E-state index is 0.284. The van der Waals surface area contributed by atoms with Crippen LogP contribution >= 0.6 is 11.3 Å². The Bertz CT molecular complexity index is 491. The number of amides is 2. The second-order valence-corrected chi connectivity index (χ2v) is 6.83. The molecule has 1 aromatic heterocycles. The lowest BCUT2D eigenvalue weighted by atomic mass is 9.87. The molecule has 0 saturated heterocycles. The van der Waals surface area contributed by atoms with Crippen molar-refractivity contribution in [2.24, 2.45) is 5.41 Å². The normalized spacial score (nSPS) is 13.1. The third-order valence-corrected chi connectivity index (χ3v) is 3.50. The maximum Gasteiger partial charge on any atom is 0.326 e. The molecule has 1 rings (SSSR count). The van der Waals surface area contributed by atoms with E-state index in [2.05, 4.69) is 15.6 Å². The molecule has 0 spiro atoms. The van der Waals surface area contributed by atoms with Gasteiger partial charge in [-0.1, -0.05) is 34.6 Å².